The average Bonchev–Trinajstić information content (AvgIpc) is 2.32. The Morgan fingerprint density at radius 1 is 1.06 bits per heavy atom. The van der Waals surface area contributed by atoms with Crippen molar-refractivity contribution in [3.63, 3.8) is 0 Å². The van der Waals surface area contributed by atoms with Crippen LogP contribution in [0.3, 0.4) is 0 Å². The van der Waals surface area contributed by atoms with E-state index < -0.39 is 0 Å². The van der Waals surface area contributed by atoms with Crippen LogP contribution in [-0.2, 0) is 0 Å². The van der Waals surface area contributed by atoms with E-state index in [0.29, 0.717) is 10.6 Å². The fourth-order valence-electron chi connectivity index (χ4n) is 1.50. The van der Waals surface area contributed by atoms with Crippen LogP contribution in [0.5, 0.6) is 5.75 Å². The van der Waals surface area contributed by atoms with E-state index >= 15 is 0 Å². The van der Waals surface area contributed by atoms with Gasteiger partial charge >= 0.3 is 0 Å². The van der Waals surface area contributed by atoms with E-state index in [1.807, 2.05) is 37.3 Å². The van der Waals surface area contributed by atoms with Crippen molar-refractivity contribution in [1.82, 2.24) is 0 Å². The maximum absolute atomic E-state index is 9.68. The Hall–Kier alpha value is -1.87. The predicted molar refractivity (Wildman–Crippen MR) is 74.6 cm³/mol. The Kier molecular flexibility index (Phi) is 3.40. The first-order chi connectivity index (χ1) is 8.16. The quantitative estimate of drug-likeness (QED) is 0.792. The highest BCUT2D eigenvalue weighted by molar-refractivity contribution is 7.81. The van der Waals surface area contributed by atoms with Crippen LogP contribution in [0.4, 0.5) is 5.69 Å². The summed E-state index contributed by atoms with van der Waals surface area (Å²) < 4.78 is 0. The summed E-state index contributed by atoms with van der Waals surface area (Å²) in [5.74, 6) is 0.192. The molecule has 17 heavy (non-hydrogen) atoms. The smallest absolute Gasteiger partial charge is 0.125 e. The van der Waals surface area contributed by atoms with E-state index in [-0.39, 0.29) is 5.75 Å². The second-order valence-electron chi connectivity index (χ2n) is 3.84. The topological polar surface area (TPSA) is 32.3 Å². The summed E-state index contributed by atoms with van der Waals surface area (Å²) in [6.07, 6.45) is 0. The Balaban J connectivity index is 2.17. The lowest BCUT2D eigenvalue weighted by Gasteiger charge is -2.09. The molecule has 2 aromatic rings. The lowest BCUT2D eigenvalue weighted by Crippen LogP contribution is -2.10. The number of hydrogen-bond donors (Lipinski definition) is 2. The van der Waals surface area contributed by atoms with Crippen molar-refractivity contribution >= 4 is 22.9 Å². The number of thiocarbonyl (C=S) groups is 1. The van der Waals surface area contributed by atoms with E-state index in [0.717, 1.165) is 5.69 Å². The van der Waals surface area contributed by atoms with Crippen LogP contribution < -0.4 is 5.32 Å². The maximum atomic E-state index is 9.68. The first-order valence-electron chi connectivity index (χ1n) is 5.33. The molecule has 0 spiro atoms. The number of benzene rings is 2. The molecule has 3 heteroatoms. The Morgan fingerprint density at radius 3 is 2.35 bits per heavy atom. The number of phenols is 1. The summed E-state index contributed by atoms with van der Waals surface area (Å²) in [5, 5.41) is 12.8. The summed E-state index contributed by atoms with van der Waals surface area (Å²) >= 11 is 5.25. The van der Waals surface area contributed by atoms with Crippen LogP contribution in [0.2, 0.25) is 0 Å². The van der Waals surface area contributed by atoms with Crippen LogP contribution in [0.25, 0.3) is 0 Å². The van der Waals surface area contributed by atoms with Gasteiger partial charge < -0.3 is 10.4 Å². The van der Waals surface area contributed by atoms with Crippen molar-refractivity contribution in [2.75, 3.05) is 5.32 Å². The fraction of sp³-hybridized carbons (Fsp3) is 0.0714. The number of para-hydroxylation sites is 1. The fourth-order valence-corrected chi connectivity index (χ4v) is 1.79. The van der Waals surface area contributed by atoms with Crippen molar-refractivity contribution in [3.8, 4) is 5.75 Å². The van der Waals surface area contributed by atoms with Crippen molar-refractivity contribution < 1.29 is 5.11 Å². The maximum Gasteiger partial charge on any atom is 0.125 e. The van der Waals surface area contributed by atoms with E-state index in [4.69, 9.17) is 12.2 Å². The predicted octanol–water partition coefficient (Wildman–Crippen LogP) is 3.49. The minimum atomic E-state index is 0.192. The molecule has 0 aromatic heterocycles. The standard InChI is InChI=1S/C14H13NOS/c1-10-6-8-11(9-7-10)15-14(17)12-4-2-3-5-13(12)16/h2-9,16H,1H3,(H,15,17). The SMILES string of the molecule is Cc1ccc(NC(=S)c2ccccc2O)cc1. The number of anilines is 1. The second kappa shape index (κ2) is 4.97. The molecule has 0 bridgehead atoms. The summed E-state index contributed by atoms with van der Waals surface area (Å²) in [6.45, 7) is 2.03. The molecule has 0 aliphatic heterocycles. The molecule has 0 radical (unpaired) electrons. The molecule has 0 amide bonds. The monoisotopic (exact) mass is 243 g/mol. The summed E-state index contributed by atoms with van der Waals surface area (Å²) in [6, 6.07) is 15.0. The summed E-state index contributed by atoms with van der Waals surface area (Å²) in [5.41, 5.74) is 2.76. The van der Waals surface area contributed by atoms with Gasteiger partial charge in [-0.2, -0.15) is 0 Å². The first kappa shape index (κ1) is 11.6. The Bertz CT molecular complexity index is 534. The third-order valence-corrected chi connectivity index (χ3v) is 2.78. The van der Waals surface area contributed by atoms with Crippen molar-refractivity contribution in [1.29, 1.82) is 0 Å². The number of phenolic OH excluding ortho intramolecular Hbond substituents is 1. The minimum absolute atomic E-state index is 0.192. The van der Waals surface area contributed by atoms with Crippen LogP contribution in [0, 0.1) is 6.92 Å². The van der Waals surface area contributed by atoms with Gasteiger partial charge in [-0.1, -0.05) is 42.0 Å². The molecule has 0 aliphatic rings. The molecule has 2 N–H and O–H groups in total. The summed E-state index contributed by atoms with van der Waals surface area (Å²) in [7, 11) is 0. The van der Waals surface area contributed by atoms with Gasteiger partial charge in [0.25, 0.3) is 0 Å². The molecule has 2 rings (SSSR count). The molecular weight excluding hydrogens is 230 g/mol. The average molecular weight is 243 g/mol. The third kappa shape index (κ3) is 2.82. The van der Waals surface area contributed by atoms with Gasteiger partial charge in [-0.3, -0.25) is 0 Å². The molecule has 0 unspecified atom stereocenters. The van der Waals surface area contributed by atoms with E-state index in [9.17, 15) is 5.11 Å². The Morgan fingerprint density at radius 2 is 1.71 bits per heavy atom. The van der Waals surface area contributed by atoms with Crippen LogP contribution in [-0.4, -0.2) is 10.1 Å². The highest BCUT2D eigenvalue weighted by atomic mass is 32.1. The zero-order chi connectivity index (χ0) is 12.3. The van der Waals surface area contributed by atoms with E-state index in [1.165, 1.54) is 5.56 Å². The number of hydrogen-bond acceptors (Lipinski definition) is 2. The molecule has 0 aliphatic carbocycles. The number of aromatic hydroxyl groups is 1. The molecule has 86 valence electrons. The van der Waals surface area contributed by atoms with Crippen molar-refractivity contribution in [3.05, 3.63) is 59.7 Å². The van der Waals surface area contributed by atoms with Crippen LogP contribution >= 0.6 is 12.2 Å². The van der Waals surface area contributed by atoms with Crippen molar-refractivity contribution in [2.45, 2.75) is 6.92 Å². The zero-order valence-corrected chi connectivity index (χ0v) is 10.3. The first-order valence-corrected chi connectivity index (χ1v) is 5.73. The normalized spacial score (nSPS) is 9.94. The van der Waals surface area contributed by atoms with Gasteiger partial charge in [0.1, 0.15) is 10.7 Å². The molecular formula is C14H13NOS. The molecule has 0 saturated heterocycles. The molecule has 0 fully saturated rings. The molecule has 2 nitrogen and oxygen atoms in total. The molecule has 2 aromatic carbocycles. The molecule has 0 saturated carbocycles. The summed E-state index contributed by atoms with van der Waals surface area (Å²) in [4.78, 5) is 0.520. The number of rotatable bonds is 2. The van der Waals surface area contributed by atoms with Crippen LogP contribution in [0.1, 0.15) is 11.1 Å². The molecule has 0 atom stereocenters. The van der Waals surface area contributed by atoms with Gasteiger partial charge in [0, 0.05) is 5.69 Å². The zero-order valence-electron chi connectivity index (χ0n) is 9.47. The van der Waals surface area contributed by atoms with Gasteiger partial charge in [0.05, 0.1) is 5.56 Å². The number of aryl methyl sites for hydroxylation is 1. The van der Waals surface area contributed by atoms with E-state index in [1.54, 1.807) is 18.2 Å². The third-order valence-electron chi connectivity index (χ3n) is 2.46. The highest BCUT2D eigenvalue weighted by Gasteiger charge is 2.05. The van der Waals surface area contributed by atoms with Crippen molar-refractivity contribution in [2.24, 2.45) is 0 Å². The minimum Gasteiger partial charge on any atom is -0.507 e. The van der Waals surface area contributed by atoms with E-state index in [2.05, 4.69) is 5.32 Å². The van der Waals surface area contributed by atoms with Gasteiger partial charge in [-0.15, -0.1) is 0 Å². The molecule has 0 heterocycles. The second-order valence-corrected chi connectivity index (χ2v) is 4.25. The Labute approximate surface area is 106 Å². The number of nitrogens with one attached hydrogen (secondary N) is 1. The highest BCUT2D eigenvalue weighted by Crippen LogP contribution is 2.18. The van der Waals surface area contributed by atoms with Gasteiger partial charge in [-0.05, 0) is 31.2 Å². The van der Waals surface area contributed by atoms with Gasteiger partial charge in [-0.25, -0.2) is 0 Å². The largest absolute Gasteiger partial charge is 0.507 e. The van der Waals surface area contributed by atoms with Crippen LogP contribution in [0.15, 0.2) is 48.5 Å². The van der Waals surface area contributed by atoms with Gasteiger partial charge in [0.15, 0.2) is 0 Å². The van der Waals surface area contributed by atoms with Gasteiger partial charge in [0.2, 0.25) is 0 Å². The lowest BCUT2D eigenvalue weighted by atomic mass is 10.2. The lowest BCUT2D eigenvalue weighted by molar-refractivity contribution is 0.474.